The first-order valence-electron chi connectivity index (χ1n) is 14.0. The molecule has 0 aromatic heterocycles. The molecule has 0 aliphatic heterocycles. The number of carbonyl (C=O) groups excluding carboxylic acids is 2. The molecule has 2 amide bonds. The summed E-state index contributed by atoms with van der Waals surface area (Å²) in [6.45, 7) is 6.84. The summed E-state index contributed by atoms with van der Waals surface area (Å²) in [5.41, 5.74) is 1.81. The van der Waals surface area contributed by atoms with Crippen LogP contribution in [0.25, 0.3) is 0 Å². The smallest absolute Gasteiger partial charge is 0.264 e. The van der Waals surface area contributed by atoms with E-state index in [9.17, 15) is 18.0 Å². The summed E-state index contributed by atoms with van der Waals surface area (Å²) in [6.07, 6.45) is 0.315. The number of aryl methyl sites for hydroxylation is 1. The number of benzene rings is 3. The van der Waals surface area contributed by atoms with Gasteiger partial charge in [0.1, 0.15) is 18.3 Å². The predicted octanol–water partition coefficient (Wildman–Crippen LogP) is 4.55. The Kier molecular flexibility index (Phi) is 11.4. The number of nitrogens with zero attached hydrogens (tertiary/aromatic N) is 2. The van der Waals surface area contributed by atoms with Gasteiger partial charge in [-0.2, -0.15) is 0 Å². The van der Waals surface area contributed by atoms with Crippen LogP contribution in [-0.4, -0.2) is 65.1 Å². The van der Waals surface area contributed by atoms with E-state index in [-0.39, 0.29) is 29.1 Å². The van der Waals surface area contributed by atoms with Crippen molar-refractivity contribution < 1.29 is 32.2 Å². The highest BCUT2D eigenvalue weighted by molar-refractivity contribution is 7.92. The Morgan fingerprint density at radius 2 is 1.56 bits per heavy atom. The minimum Gasteiger partial charge on any atom is -0.497 e. The molecule has 3 rings (SSSR count). The molecule has 0 spiro atoms. The summed E-state index contributed by atoms with van der Waals surface area (Å²) in [4.78, 5) is 29.0. The van der Waals surface area contributed by atoms with Gasteiger partial charge in [0.2, 0.25) is 11.8 Å². The highest BCUT2D eigenvalue weighted by Crippen LogP contribution is 2.34. The lowest BCUT2D eigenvalue weighted by molar-refractivity contribution is -0.140. The average Bonchev–Trinajstić information content (AvgIpc) is 2.99. The lowest BCUT2D eigenvalue weighted by Gasteiger charge is -2.33. The number of sulfonamides is 1. The topological polar surface area (TPSA) is 114 Å². The highest BCUT2D eigenvalue weighted by atomic mass is 32.2. The van der Waals surface area contributed by atoms with Gasteiger partial charge in [-0.05, 0) is 69.2 Å². The summed E-state index contributed by atoms with van der Waals surface area (Å²) >= 11 is 0. The van der Waals surface area contributed by atoms with Crippen LogP contribution >= 0.6 is 0 Å². The second-order valence-corrected chi connectivity index (χ2v) is 12.2. The van der Waals surface area contributed by atoms with Crippen LogP contribution in [0.2, 0.25) is 0 Å². The molecule has 3 aromatic rings. The lowest BCUT2D eigenvalue weighted by Crippen LogP contribution is -2.53. The van der Waals surface area contributed by atoms with Crippen molar-refractivity contribution in [2.75, 3.05) is 32.2 Å². The van der Waals surface area contributed by atoms with Crippen molar-refractivity contribution in [3.8, 4) is 17.2 Å². The minimum atomic E-state index is -4.23. The van der Waals surface area contributed by atoms with Gasteiger partial charge >= 0.3 is 0 Å². The molecule has 0 fully saturated rings. The fraction of sp³-hybridized carbons (Fsp3) is 0.375. The van der Waals surface area contributed by atoms with Gasteiger partial charge in [-0.3, -0.25) is 13.9 Å². The normalized spacial score (nSPS) is 11.9. The van der Waals surface area contributed by atoms with E-state index in [0.717, 1.165) is 15.4 Å². The Labute approximate surface area is 254 Å². The zero-order valence-corrected chi connectivity index (χ0v) is 26.6. The molecule has 0 heterocycles. The van der Waals surface area contributed by atoms with E-state index in [1.54, 1.807) is 49.6 Å². The molecule has 0 bridgehead atoms. The van der Waals surface area contributed by atoms with Crippen LogP contribution in [0.4, 0.5) is 5.69 Å². The molecular formula is C32H41N3O7S. The molecule has 0 aliphatic rings. The fourth-order valence-corrected chi connectivity index (χ4v) is 6.02. The van der Waals surface area contributed by atoms with Crippen molar-refractivity contribution >= 4 is 27.5 Å². The fourth-order valence-electron chi connectivity index (χ4n) is 4.61. The first-order valence-corrected chi connectivity index (χ1v) is 15.4. The van der Waals surface area contributed by atoms with Crippen LogP contribution in [0, 0.1) is 6.92 Å². The molecule has 0 unspecified atom stereocenters. The van der Waals surface area contributed by atoms with Crippen molar-refractivity contribution in [1.82, 2.24) is 10.2 Å². The maximum atomic E-state index is 14.2. The van der Waals surface area contributed by atoms with Crippen LogP contribution in [0.15, 0.2) is 71.6 Å². The number of anilines is 1. The van der Waals surface area contributed by atoms with Crippen molar-refractivity contribution in [2.45, 2.75) is 57.6 Å². The molecule has 11 heteroatoms. The Morgan fingerprint density at radius 3 is 2.14 bits per heavy atom. The van der Waals surface area contributed by atoms with E-state index in [2.05, 4.69) is 5.32 Å². The monoisotopic (exact) mass is 611 g/mol. The van der Waals surface area contributed by atoms with Gasteiger partial charge in [-0.25, -0.2) is 8.42 Å². The number of hydrogen-bond acceptors (Lipinski definition) is 7. The zero-order valence-electron chi connectivity index (χ0n) is 25.8. The first kappa shape index (κ1) is 33.3. The number of carbonyl (C=O) groups is 2. The standard InChI is InChI=1S/C32H41N3O7S/c1-8-28(32(37)33-22(2)3)34(20-24-10-9-11-26(18-24)40-5)31(36)21-35(25-14-17-29(41-6)30(19-25)42-7)43(38,39)27-15-12-23(4)13-16-27/h9-19,22,28H,8,20-21H2,1-7H3,(H,33,37)/t28-/m1/s1. The van der Waals surface area contributed by atoms with Crippen LogP contribution < -0.4 is 23.8 Å². The summed E-state index contributed by atoms with van der Waals surface area (Å²) < 4.78 is 45.4. The zero-order chi connectivity index (χ0) is 31.7. The van der Waals surface area contributed by atoms with Gasteiger partial charge in [0, 0.05) is 18.7 Å². The number of amides is 2. The van der Waals surface area contributed by atoms with Crippen molar-refractivity contribution in [3.63, 3.8) is 0 Å². The summed E-state index contributed by atoms with van der Waals surface area (Å²) in [5.74, 6) is 0.416. The van der Waals surface area contributed by atoms with Crippen molar-refractivity contribution in [1.29, 1.82) is 0 Å². The summed E-state index contributed by atoms with van der Waals surface area (Å²) in [6, 6.07) is 17.2. The Bertz CT molecular complexity index is 1510. The molecule has 3 aromatic carbocycles. The third-order valence-electron chi connectivity index (χ3n) is 6.85. The van der Waals surface area contributed by atoms with Gasteiger partial charge in [-0.1, -0.05) is 36.8 Å². The van der Waals surface area contributed by atoms with Crippen LogP contribution in [0.5, 0.6) is 17.2 Å². The molecule has 10 nitrogen and oxygen atoms in total. The second kappa shape index (κ2) is 14.8. The van der Waals surface area contributed by atoms with Crippen LogP contribution in [0.3, 0.4) is 0 Å². The minimum absolute atomic E-state index is 0.0182. The van der Waals surface area contributed by atoms with Gasteiger partial charge in [0.15, 0.2) is 11.5 Å². The van der Waals surface area contributed by atoms with Gasteiger partial charge in [-0.15, -0.1) is 0 Å². The highest BCUT2D eigenvalue weighted by Gasteiger charge is 2.34. The summed E-state index contributed by atoms with van der Waals surface area (Å²) in [5, 5.41) is 2.89. The quantitative estimate of drug-likeness (QED) is 0.285. The molecule has 43 heavy (non-hydrogen) atoms. The lowest BCUT2D eigenvalue weighted by atomic mass is 10.1. The molecule has 0 saturated heterocycles. The molecule has 0 radical (unpaired) electrons. The van der Waals surface area contributed by atoms with Gasteiger partial charge in [0.05, 0.1) is 31.9 Å². The second-order valence-electron chi connectivity index (χ2n) is 10.3. The maximum absolute atomic E-state index is 14.2. The van der Waals surface area contributed by atoms with E-state index in [4.69, 9.17) is 14.2 Å². The number of ether oxygens (including phenoxy) is 3. The van der Waals surface area contributed by atoms with E-state index < -0.39 is 28.5 Å². The number of hydrogen-bond donors (Lipinski definition) is 1. The molecule has 1 atom stereocenters. The molecule has 0 saturated carbocycles. The largest absolute Gasteiger partial charge is 0.497 e. The SMILES string of the molecule is CC[C@H](C(=O)NC(C)C)N(Cc1cccc(OC)c1)C(=O)CN(c1ccc(OC)c(OC)c1)S(=O)(=O)c1ccc(C)cc1. The summed E-state index contributed by atoms with van der Waals surface area (Å²) in [7, 11) is 0.238. The molecule has 232 valence electrons. The van der Waals surface area contributed by atoms with Crippen molar-refractivity contribution in [2.24, 2.45) is 0 Å². The third kappa shape index (κ3) is 8.19. The number of nitrogens with one attached hydrogen (secondary N) is 1. The van der Waals surface area contributed by atoms with Crippen LogP contribution in [0.1, 0.15) is 38.3 Å². The predicted molar refractivity (Wildman–Crippen MR) is 166 cm³/mol. The van der Waals surface area contributed by atoms with E-state index in [1.807, 2.05) is 33.8 Å². The molecular weight excluding hydrogens is 570 g/mol. The maximum Gasteiger partial charge on any atom is 0.264 e. The average molecular weight is 612 g/mol. The first-order chi connectivity index (χ1) is 20.4. The van der Waals surface area contributed by atoms with Crippen LogP contribution in [-0.2, 0) is 26.2 Å². The van der Waals surface area contributed by atoms with E-state index in [1.165, 1.54) is 37.3 Å². The third-order valence-corrected chi connectivity index (χ3v) is 8.63. The molecule has 1 N–H and O–H groups in total. The van der Waals surface area contributed by atoms with Gasteiger partial charge < -0.3 is 24.4 Å². The molecule has 0 aliphatic carbocycles. The Hall–Kier alpha value is -4.25. The Balaban J connectivity index is 2.13. The Morgan fingerprint density at radius 1 is 0.884 bits per heavy atom. The van der Waals surface area contributed by atoms with Crippen molar-refractivity contribution in [3.05, 3.63) is 77.9 Å². The van der Waals surface area contributed by atoms with E-state index in [0.29, 0.717) is 23.7 Å². The van der Waals surface area contributed by atoms with E-state index >= 15 is 0 Å². The number of rotatable bonds is 14. The van der Waals surface area contributed by atoms with Gasteiger partial charge in [0.25, 0.3) is 10.0 Å². The number of methoxy groups -OCH3 is 3.